The molecule has 0 aromatic heterocycles. The Balaban J connectivity index is 2.21. The minimum atomic E-state index is -3.05. The maximum Gasteiger partial charge on any atom is 0.214 e. The highest BCUT2D eigenvalue weighted by Gasteiger charge is 2.33. The summed E-state index contributed by atoms with van der Waals surface area (Å²) < 4.78 is 26.7. The van der Waals surface area contributed by atoms with Crippen LogP contribution in [-0.2, 0) is 16.6 Å². The van der Waals surface area contributed by atoms with Gasteiger partial charge in [0.25, 0.3) is 0 Å². The van der Waals surface area contributed by atoms with Crippen molar-refractivity contribution in [2.45, 2.75) is 25.4 Å². The SMILES string of the molecule is O=S1(=O)CCCC(CI)N1Cc1ccccc1. The van der Waals surface area contributed by atoms with E-state index in [2.05, 4.69) is 22.6 Å². The molecule has 1 heterocycles. The molecule has 0 radical (unpaired) electrons. The maximum absolute atomic E-state index is 12.1. The third-order valence-corrected chi connectivity index (χ3v) is 6.03. The molecule has 1 unspecified atom stereocenters. The van der Waals surface area contributed by atoms with Crippen LogP contribution in [0.4, 0.5) is 0 Å². The Morgan fingerprint density at radius 2 is 2.00 bits per heavy atom. The second-order valence-electron chi connectivity index (χ2n) is 4.30. The molecule has 1 aromatic rings. The van der Waals surface area contributed by atoms with E-state index >= 15 is 0 Å². The van der Waals surface area contributed by atoms with Crippen molar-refractivity contribution in [3.8, 4) is 0 Å². The summed E-state index contributed by atoms with van der Waals surface area (Å²) in [5.74, 6) is 0.299. The number of nitrogens with zero attached hydrogens (tertiary/aromatic N) is 1. The van der Waals surface area contributed by atoms with Crippen molar-refractivity contribution in [2.24, 2.45) is 0 Å². The Morgan fingerprint density at radius 3 is 2.65 bits per heavy atom. The van der Waals surface area contributed by atoms with Crippen LogP contribution in [0, 0.1) is 0 Å². The van der Waals surface area contributed by atoms with E-state index in [1.54, 1.807) is 4.31 Å². The zero-order valence-corrected chi connectivity index (χ0v) is 12.5. The molecule has 17 heavy (non-hydrogen) atoms. The van der Waals surface area contributed by atoms with Gasteiger partial charge in [-0.3, -0.25) is 0 Å². The van der Waals surface area contributed by atoms with Crippen molar-refractivity contribution in [1.82, 2.24) is 4.31 Å². The summed E-state index contributed by atoms with van der Waals surface area (Å²) in [4.78, 5) is 0. The number of alkyl halides is 1. The van der Waals surface area contributed by atoms with Gasteiger partial charge >= 0.3 is 0 Å². The highest BCUT2D eigenvalue weighted by Crippen LogP contribution is 2.24. The monoisotopic (exact) mass is 365 g/mol. The smallest absolute Gasteiger partial charge is 0.212 e. The Labute approximate surface area is 116 Å². The zero-order valence-electron chi connectivity index (χ0n) is 9.55. The summed E-state index contributed by atoms with van der Waals surface area (Å²) >= 11 is 2.28. The van der Waals surface area contributed by atoms with Crippen molar-refractivity contribution in [3.63, 3.8) is 0 Å². The number of hydrogen-bond donors (Lipinski definition) is 0. The fourth-order valence-electron chi connectivity index (χ4n) is 2.13. The van der Waals surface area contributed by atoms with Gasteiger partial charge in [-0.1, -0.05) is 52.9 Å². The van der Waals surface area contributed by atoms with Crippen LogP contribution in [0.2, 0.25) is 0 Å². The Morgan fingerprint density at radius 1 is 1.29 bits per heavy atom. The summed E-state index contributed by atoms with van der Waals surface area (Å²) in [6.45, 7) is 0.511. The zero-order chi connectivity index (χ0) is 12.3. The molecular weight excluding hydrogens is 349 g/mol. The molecule has 3 nitrogen and oxygen atoms in total. The average molecular weight is 365 g/mol. The van der Waals surface area contributed by atoms with Crippen LogP contribution in [0.15, 0.2) is 30.3 Å². The Kier molecular flexibility index (Phi) is 4.43. The van der Waals surface area contributed by atoms with Gasteiger partial charge in [-0.2, -0.15) is 4.31 Å². The molecule has 0 spiro atoms. The van der Waals surface area contributed by atoms with E-state index in [1.807, 2.05) is 30.3 Å². The minimum absolute atomic E-state index is 0.162. The number of halogens is 1. The fourth-order valence-corrected chi connectivity index (χ4v) is 5.06. The normalized spacial score (nSPS) is 24.6. The standard InChI is InChI=1S/C12H16INO2S/c13-9-12-7-4-8-17(15,16)14(12)10-11-5-2-1-3-6-11/h1-3,5-6,12H,4,7-10H2. The summed E-state index contributed by atoms with van der Waals surface area (Å²) in [6.07, 6.45) is 1.77. The van der Waals surface area contributed by atoms with Crippen molar-refractivity contribution >= 4 is 32.6 Å². The van der Waals surface area contributed by atoms with E-state index < -0.39 is 10.0 Å². The number of rotatable bonds is 3. The molecule has 1 saturated heterocycles. The molecule has 0 bridgehead atoms. The van der Waals surface area contributed by atoms with Crippen molar-refractivity contribution in [3.05, 3.63) is 35.9 Å². The summed E-state index contributed by atoms with van der Waals surface area (Å²) in [5, 5.41) is 0. The molecule has 1 aliphatic heterocycles. The molecule has 1 atom stereocenters. The van der Waals surface area contributed by atoms with Crippen LogP contribution in [0.25, 0.3) is 0 Å². The van der Waals surface area contributed by atoms with Gasteiger partial charge in [-0.25, -0.2) is 8.42 Å². The van der Waals surface area contributed by atoms with Crippen LogP contribution in [0.1, 0.15) is 18.4 Å². The van der Waals surface area contributed by atoms with Gasteiger partial charge < -0.3 is 0 Å². The van der Waals surface area contributed by atoms with Gasteiger partial charge in [0.1, 0.15) is 0 Å². The van der Waals surface area contributed by atoms with Crippen LogP contribution in [0.3, 0.4) is 0 Å². The largest absolute Gasteiger partial charge is 0.214 e. The van der Waals surface area contributed by atoms with Crippen LogP contribution < -0.4 is 0 Å². The third-order valence-electron chi connectivity index (χ3n) is 3.06. The lowest BCUT2D eigenvalue weighted by molar-refractivity contribution is 0.303. The predicted molar refractivity (Wildman–Crippen MR) is 77.7 cm³/mol. The van der Waals surface area contributed by atoms with Gasteiger partial charge in [0.05, 0.1) is 5.75 Å². The number of sulfonamides is 1. The van der Waals surface area contributed by atoms with Gasteiger partial charge in [0.15, 0.2) is 0 Å². The summed E-state index contributed by atoms with van der Waals surface area (Å²) in [7, 11) is -3.05. The Hall–Kier alpha value is -0.140. The van der Waals surface area contributed by atoms with E-state index in [0.29, 0.717) is 12.3 Å². The number of hydrogen-bond acceptors (Lipinski definition) is 2. The average Bonchev–Trinajstić information content (AvgIpc) is 2.33. The van der Waals surface area contributed by atoms with Gasteiger partial charge in [-0.15, -0.1) is 0 Å². The lowest BCUT2D eigenvalue weighted by Gasteiger charge is -2.33. The molecule has 0 amide bonds. The molecule has 1 fully saturated rings. The van der Waals surface area contributed by atoms with Crippen LogP contribution in [0.5, 0.6) is 0 Å². The minimum Gasteiger partial charge on any atom is -0.212 e. The first-order valence-electron chi connectivity index (χ1n) is 5.73. The fraction of sp³-hybridized carbons (Fsp3) is 0.500. The van der Waals surface area contributed by atoms with E-state index in [0.717, 1.165) is 22.8 Å². The lowest BCUT2D eigenvalue weighted by atomic mass is 10.1. The second kappa shape index (κ2) is 5.67. The summed E-state index contributed by atoms with van der Waals surface area (Å²) in [5.41, 5.74) is 1.06. The molecule has 0 N–H and O–H groups in total. The van der Waals surface area contributed by atoms with E-state index in [9.17, 15) is 8.42 Å². The molecule has 94 valence electrons. The lowest BCUT2D eigenvalue weighted by Crippen LogP contribution is -2.45. The van der Waals surface area contributed by atoms with Gasteiger partial charge in [-0.05, 0) is 18.4 Å². The molecule has 0 aliphatic carbocycles. The molecule has 0 saturated carbocycles. The first-order chi connectivity index (χ1) is 8.13. The maximum atomic E-state index is 12.1. The quantitative estimate of drug-likeness (QED) is 0.610. The van der Waals surface area contributed by atoms with Crippen molar-refractivity contribution in [1.29, 1.82) is 0 Å². The van der Waals surface area contributed by atoms with E-state index in [1.165, 1.54) is 0 Å². The first kappa shape index (κ1) is 13.3. The van der Waals surface area contributed by atoms with Gasteiger partial charge in [0, 0.05) is 17.0 Å². The molecule has 5 heteroatoms. The van der Waals surface area contributed by atoms with Gasteiger partial charge in [0.2, 0.25) is 10.0 Å². The predicted octanol–water partition coefficient (Wildman–Crippen LogP) is 2.42. The summed E-state index contributed by atoms with van der Waals surface area (Å²) in [6, 6.07) is 9.97. The topological polar surface area (TPSA) is 37.4 Å². The third kappa shape index (κ3) is 3.20. The highest BCUT2D eigenvalue weighted by atomic mass is 127. The molecule has 2 rings (SSSR count). The highest BCUT2D eigenvalue weighted by molar-refractivity contribution is 14.1. The van der Waals surface area contributed by atoms with Crippen molar-refractivity contribution < 1.29 is 8.42 Å². The first-order valence-corrected chi connectivity index (χ1v) is 8.86. The van der Waals surface area contributed by atoms with Crippen LogP contribution >= 0.6 is 22.6 Å². The van der Waals surface area contributed by atoms with Crippen molar-refractivity contribution in [2.75, 3.05) is 10.2 Å². The molecule has 1 aromatic carbocycles. The van der Waals surface area contributed by atoms with Crippen LogP contribution in [-0.4, -0.2) is 28.9 Å². The second-order valence-corrected chi connectivity index (χ2v) is 7.22. The van der Waals surface area contributed by atoms with E-state index in [-0.39, 0.29) is 6.04 Å². The van der Waals surface area contributed by atoms with E-state index in [4.69, 9.17) is 0 Å². The Bertz CT molecular complexity index is 461. The number of benzene rings is 1. The molecule has 1 aliphatic rings. The molecular formula is C12H16INO2S.